The van der Waals surface area contributed by atoms with Crippen molar-refractivity contribution < 1.29 is 4.74 Å². The molecule has 0 bridgehead atoms. The second kappa shape index (κ2) is 4.21. The van der Waals surface area contributed by atoms with E-state index in [0.29, 0.717) is 12.0 Å². The number of nitrogens with one attached hydrogen (secondary N) is 1. The summed E-state index contributed by atoms with van der Waals surface area (Å²) in [7, 11) is 0. The molecule has 1 aromatic rings. The maximum atomic E-state index is 5.30. The molecule has 1 saturated heterocycles. The van der Waals surface area contributed by atoms with Crippen molar-refractivity contribution in [3.63, 3.8) is 0 Å². The Morgan fingerprint density at radius 1 is 1.31 bits per heavy atom. The summed E-state index contributed by atoms with van der Waals surface area (Å²) in [6, 6.07) is 0.557. The molecule has 1 saturated carbocycles. The molecule has 86 valence electrons. The molecule has 6 heteroatoms. The number of aromatic nitrogens is 3. The Kier molecular flexibility index (Phi) is 2.57. The maximum Gasteiger partial charge on any atom is 0.244 e. The number of rotatable bonds is 3. The summed E-state index contributed by atoms with van der Waals surface area (Å²) in [4.78, 5) is 6.64. The molecule has 0 aromatic carbocycles. The molecule has 1 N–H and O–H groups in total. The molecule has 0 unspecified atom stereocenters. The van der Waals surface area contributed by atoms with Crippen molar-refractivity contribution in [1.82, 2.24) is 15.2 Å². The lowest BCUT2D eigenvalue weighted by molar-refractivity contribution is 0.122. The van der Waals surface area contributed by atoms with E-state index in [-0.39, 0.29) is 0 Å². The Bertz CT molecular complexity index is 362. The molecule has 16 heavy (non-hydrogen) atoms. The zero-order valence-electron chi connectivity index (χ0n) is 9.09. The monoisotopic (exact) mass is 221 g/mol. The molecule has 1 aromatic heterocycles. The largest absolute Gasteiger partial charge is 0.378 e. The lowest BCUT2D eigenvalue weighted by Gasteiger charge is -2.27. The van der Waals surface area contributed by atoms with Crippen molar-refractivity contribution in [1.29, 1.82) is 0 Å². The molecule has 0 atom stereocenters. The van der Waals surface area contributed by atoms with Crippen LogP contribution in [0.1, 0.15) is 12.8 Å². The van der Waals surface area contributed by atoms with Gasteiger partial charge in [0, 0.05) is 19.1 Å². The predicted molar refractivity (Wildman–Crippen MR) is 59.5 cm³/mol. The van der Waals surface area contributed by atoms with Crippen LogP contribution in [-0.4, -0.2) is 47.5 Å². The first-order valence-corrected chi connectivity index (χ1v) is 5.71. The Morgan fingerprint density at radius 3 is 2.88 bits per heavy atom. The summed E-state index contributed by atoms with van der Waals surface area (Å²) < 4.78 is 5.30. The highest BCUT2D eigenvalue weighted by atomic mass is 16.5. The normalized spacial score (nSPS) is 20.9. The molecular formula is C10H15N5O. The fourth-order valence-electron chi connectivity index (χ4n) is 1.71. The van der Waals surface area contributed by atoms with Crippen molar-refractivity contribution in [3.05, 3.63) is 6.20 Å². The van der Waals surface area contributed by atoms with E-state index in [9.17, 15) is 0 Å². The third-order valence-corrected chi connectivity index (χ3v) is 2.79. The third-order valence-electron chi connectivity index (χ3n) is 2.79. The second-order valence-electron chi connectivity index (χ2n) is 4.16. The summed E-state index contributed by atoms with van der Waals surface area (Å²) >= 11 is 0. The second-order valence-corrected chi connectivity index (χ2v) is 4.16. The lowest BCUT2D eigenvalue weighted by Crippen LogP contribution is -2.37. The van der Waals surface area contributed by atoms with Gasteiger partial charge in [-0.05, 0) is 12.8 Å². The van der Waals surface area contributed by atoms with Crippen LogP contribution in [0.15, 0.2) is 6.20 Å². The number of ether oxygens (including phenoxy) is 1. The van der Waals surface area contributed by atoms with Gasteiger partial charge in [-0.25, -0.2) is 0 Å². The van der Waals surface area contributed by atoms with Crippen LogP contribution < -0.4 is 10.2 Å². The average Bonchev–Trinajstić information content (AvgIpc) is 3.15. The molecule has 6 nitrogen and oxygen atoms in total. The fourth-order valence-corrected chi connectivity index (χ4v) is 1.71. The minimum atomic E-state index is 0.557. The van der Waals surface area contributed by atoms with Gasteiger partial charge in [0.05, 0.1) is 19.4 Å². The van der Waals surface area contributed by atoms with Gasteiger partial charge >= 0.3 is 0 Å². The zero-order chi connectivity index (χ0) is 10.8. The molecule has 2 aliphatic rings. The Morgan fingerprint density at radius 2 is 2.12 bits per heavy atom. The standard InChI is InChI=1S/C10H15N5O/c1-2-8(1)12-10-13-9(7-11-14-10)15-3-5-16-6-4-15/h7-8H,1-6H2,(H,12,13,14). The summed E-state index contributed by atoms with van der Waals surface area (Å²) in [6.07, 6.45) is 4.14. The number of morpholine rings is 1. The predicted octanol–water partition coefficient (Wildman–Crippen LogP) is 0.282. The van der Waals surface area contributed by atoms with Crippen LogP contribution in [0.5, 0.6) is 0 Å². The van der Waals surface area contributed by atoms with Crippen LogP contribution in [-0.2, 0) is 4.74 Å². The van der Waals surface area contributed by atoms with Crippen LogP contribution in [0, 0.1) is 0 Å². The van der Waals surface area contributed by atoms with Gasteiger partial charge in [0.2, 0.25) is 5.95 Å². The highest BCUT2D eigenvalue weighted by molar-refractivity contribution is 5.41. The highest BCUT2D eigenvalue weighted by Crippen LogP contribution is 2.23. The first-order valence-electron chi connectivity index (χ1n) is 5.71. The molecule has 3 rings (SSSR count). The number of nitrogens with zero attached hydrogens (tertiary/aromatic N) is 4. The van der Waals surface area contributed by atoms with Gasteiger partial charge in [0.25, 0.3) is 0 Å². The van der Waals surface area contributed by atoms with Crippen LogP contribution in [0.3, 0.4) is 0 Å². The quantitative estimate of drug-likeness (QED) is 0.791. The minimum absolute atomic E-state index is 0.557. The Labute approximate surface area is 94.0 Å². The van der Waals surface area contributed by atoms with Crippen LogP contribution in [0.25, 0.3) is 0 Å². The topological polar surface area (TPSA) is 63.2 Å². The molecule has 2 heterocycles. The third kappa shape index (κ3) is 2.21. The highest BCUT2D eigenvalue weighted by Gasteiger charge is 2.22. The number of hydrogen-bond donors (Lipinski definition) is 1. The van der Waals surface area contributed by atoms with Gasteiger partial charge < -0.3 is 15.0 Å². The Balaban J connectivity index is 1.72. The average molecular weight is 221 g/mol. The molecule has 0 spiro atoms. The molecule has 0 amide bonds. The van der Waals surface area contributed by atoms with Gasteiger partial charge in [-0.15, -0.1) is 5.10 Å². The van der Waals surface area contributed by atoms with Gasteiger partial charge in [0.1, 0.15) is 0 Å². The van der Waals surface area contributed by atoms with E-state index < -0.39 is 0 Å². The van der Waals surface area contributed by atoms with Crippen molar-refractivity contribution in [2.24, 2.45) is 0 Å². The molecule has 1 aliphatic heterocycles. The molecule has 2 fully saturated rings. The van der Waals surface area contributed by atoms with E-state index in [1.54, 1.807) is 6.20 Å². The van der Waals surface area contributed by atoms with E-state index in [1.807, 2.05) is 0 Å². The first-order chi connectivity index (χ1) is 7.92. The number of anilines is 2. The molecule has 1 aliphatic carbocycles. The summed E-state index contributed by atoms with van der Waals surface area (Å²) in [5.41, 5.74) is 0. The zero-order valence-corrected chi connectivity index (χ0v) is 9.09. The van der Waals surface area contributed by atoms with E-state index in [2.05, 4.69) is 25.4 Å². The first kappa shape index (κ1) is 9.77. The van der Waals surface area contributed by atoms with Crippen LogP contribution in [0.4, 0.5) is 11.8 Å². The van der Waals surface area contributed by atoms with E-state index in [0.717, 1.165) is 32.1 Å². The van der Waals surface area contributed by atoms with E-state index in [1.165, 1.54) is 12.8 Å². The fraction of sp³-hybridized carbons (Fsp3) is 0.700. The van der Waals surface area contributed by atoms with E-state index >= 15 is 0 Å². The maximum absolute atomic E-state index is 5.30. The van der Waals surface area contributed by atoms with Gasteiger partial charge in [-0.1, -0.05) is 0 Å². The number of hydrogen-bond acceptors (Lipinski definition) is 6. The summed E-state index contributed by atoms with van der Waals surface area (Å²) in [5, 5.41) is 11.2. The van der Waals surface area contributed by atoms with Crippen molar-refractivity contribution >= 4 is 11.8 Å². The Hall–Kier alpha value is -1.43. The van der Waals surface area contributed by atoms with Crippen LogP contribution in [0.2, 0.25) is 0 Å². The van der Waals surface area contributed by atoms with Crippen LogP contribution >= 0.6 is 0 Å². The van der Waals surface area contributed by atoms with Gasteiger partial charge in [-0.3, -0.25) is 0 Å². The smallest absolute Gasteiger partial charge is 0.244 e. The minimum Gasteiger partial charge on any atom is -0.378 e. The lowest BCUT2D eigenvalue weighted by atomic mass is 10.4. The van der Waals surface area contributed by atoms with Crippen molar-refractivity contribution in [2.45, 2.75) is 18.9 Å². The van der Waals surface area contributed by atoms with Crippen molar-refractivity contribution in [2.75, 3.05) is 36.5 Å². The molecule has 0 radical (unpaired) electrons. The summed E-state index contributed by atoms with van der Waals surface area (Å²) in [6.45, 7) is 3.27. The summed E-state index contributed by atoms with van der Waals surface area (Å²) in [5.74, 6) is 1.54. The van der Waals surface area contributed by atoms with E-state index in [4.69, 9.17) is 4.74 Å². The van der Waals surface area contributed by atoms with Gasteiger partial charge in [0.15, 0.2) is 5.82 Å². The SMILES string of the molecule is c1nnc(NC2CC2)nc1N1CCOCC1. The molecular weight excluding hydrogens is 206 g/mol. The van der Waals surface area contributed by atoms with Crippen molar-refractivity contribution in [3.8, 4) is 0 Å². The van der Waals surface area contributed by atoms with Gasteiger partial charge in [-0.2, -0.15) is 10.1 Å².